The number of fused-ring (bicyclic) bond motifs is 1. The Balaban J connectivity index is 1.95. The molecule has 2 aromatic carbocycles. The average Bonchev–Trinajstić information content (AvgIpc) is 2.61. The molecule has 0 bridgehead atoms. The van der Waals surface area contributed by atoms with Crippen LogP contribution in [-0.4, -0.2) is 33.4 Å². The number of rotatable bonds is 5. The fraction of sp³-hybridized carbons (Fsp3) is 0.150. The van der Waals surface area contributed by atoms with E-state index in [1.165, 1.54) is 4.90 Å². The number of aryl methyl sites for hydroxylation is 1. The first-order chi connectivity index (χ1) is 12.4. The van der Waals surface area contributed by atoms with Gasteiger partial charge in [0.1, 0.15) is 12.2 Å². The third kappa shape index (κ3) is 4.08. The Morgan fingerprint density at radius 2 is 1.85 bits per heavy atom. The van der Waals surface area contributed by atoms with Crippen molar-refractivity contribution in [1.29, 1.82) is 0 Å². The Morgan fingerprint density at radius 3 is 2.54 bits per heavy atom. The van der Waals surface area contributed by atoms with E-state index in [1.807, 2.05) is 55.5 Å². The number of halogens is 1. The maximum atomic E-state index is 12.9. The molecule has 1 heterocycles. The quantitative estimate of drug-likeness (QED) is 0.686. The molecule has 0 aliphatic rings. The molecule has 0 spiro atoms. The molecule has 0 fully saturated rings. The van der Waals surface area contributed by atoms with Crippen LogP contribution in [0, 0.1) is 6.92 Å². The van der Waals surface area contributed by atoms with Crippen molar-refractivity contribution in [3.63, 3.8) is 0 Å². The molecule has 1 amide bonds. The smallest absolute Gasteiger partial charge is 0.323 e. The van der Waals surface area contributed by atoms with Gasteiger partial charge in [0.05, 0.1) is 5.52 Å². The lowest BCUT2D eigenvalue weighted by Crippen LogP contribution is -2.35. The second kappa shape index (κ2) is 7.66. The molecule has 0 aliphatic carbocycles. The fourth-order valence-electron chi connectivity index (χ4n) is 2.82. The summed E-state index contributed by atoms with van der Waals surface area (Å²) in [4.78, 5) is 29.9. The van der Waals surface area contributed by atoms with E-state index in [9.17, 15) is 14.7 Å². The van der Waals surface area contributed by atoms with E-state index in [0.29, 0.717) is 0 Å². The van der Waals surface area contributed by atoms with Crippen LogP contribution in [0.3, 0.4) is 0 Å². The molecule has 0 aliphatic heterocycles. The van der Waals surface area contributed by atoms with E-state index in [-0.39, 0.29) is 18.8 Å². The van der Waals surface area contributed by atoms with Crippen molar-refractivity contribution in [2.45, 2.75) is 13.5 Å². The summed E-state index contributed by atoms with van der Waals surface area (Å²) < 4.78 is 0.944. The standard InChI is InChI=1S/C20H17BrN2O3/c1-13-9-16(21)10-15-7-8-17(22-19(13)15)20(26)23(12-18(24)25)11-14-5-3-2-4-6-14/h2-10H,11-12H2,1H3,(H,24,25). The highest BCUT2D eigenvalue weighted by atomic mass is 79.9. The Labute approximate surface area is 159 Å². The van der Waals surface area contributed by atoms with E-state index in [4.69, 9.17) is 0 Å². The van der Waals surface area contributed by atoms with Gasteiger partial charge in [-0.2, -0.15) is 0 Å². The van der Waals surface area contributed by atoms with E-state index < -0.39 is 11.9 Å². The second-order valence-corrected chi connectivity index (χ2v) is 6.95. The number of aromatic nitrogens is 1. The predicted octanol–water partition coefficient (Wildman–Crippen LogP) is 4.03. The lowest BCUT2D eigenvalue weighted by Gasteiger charge is -2.20. The Morgan fingerprint density at radius 1 is 1.12 bits per heavy atom. The van der Waals surface area contributed by atoms with Crippen LogP contribution in [0.1, 0.15) is 21.6 Å². The minimum Gasteiger partial charge on any atom is -0.480 e. The highest BCUT2D eigenvalue weighted by Gasteiger charge is 2.20. The lowest BCUT2D eigenvalue weighted by molar-refractivity contribution is -0.137. The monoisotopic (exact) mass is 412 g/mol. The summed E-state index contributed by atoms with van der Waals surface area (Å²) in [6, 6.07) is 16.6. The van der Waals surface area contributed by atoms with Gasteiger partial charge in [-0.15, -0.1) is 0 Å². The van der Waals surface area contributed by atoms with Crippen LogP contribution in [0.4, 0.5) is 0 Å². The minimum absolute atomic E-state index is 0.213. The van der Waals surface area contributed by atoms with Gasteiger partial charge in [-0.3, -0.25) is 9.59 Å². The van der Waals surface area contributed by atoms with E-state index in [1.54, 1.807) is 6.07 Å². The molecule has 5 nitrogen and oxygen atoms in total. The number of carbonyl (C=O) groups is 2. The van der Waals surface area contributed by atoms with Gasteiger partial charge in [-0.1, -0.05) is 52.3 Å². The molecule has 3 rings (SSSR count). The molecule has 132 valence electrons. The largest absolute Gasteiger partial charge is 0.480 e. The van der Waals surface area contributed by atoms with Crippen LogP contribution in [0.2, 0.25) is 0 Å². The summed E-state index contributed by atoms with van der Waals surface area (Å²) in [5, 5.41) is 10.1. The highest BCUT2D eigenvalue weighted by Crippen LogP contribution is 2.23. The zero-order valence-electron chi connectivity index (χ0n) is 14.1. The van der Waals surface area contributed by atoms with Crippen LogP contribution in [0.5, 0.6) is 0 Å². The second-order valence-electron chi connectivity index (χ2n) is 6.03. The van der Waals surface area contributed by atoms with Gasteiger partial charge in [0.2, 0.25) is 0 Å². The molecule has 0 saturated carbocycles. The summed E-state index contributed by atoms with van der Waals surface area (Å²) in [5.41, 5.74) is 2.77. The van der Waals surface area contributed by atoms with E-state index in [2.05, 4.69) is 20.9 Å². The Hall–Kier alpha value is -2.73. The summed E-state index contributed by atoms with van der Waals surface area (Å²) in [5.74, 6) is -1.46. The molecule has 1 N–H and O–H groups in total. The van der Waals surface area contributed by atoms with Crippen molar-refractivity contribution in [3.05, 3.63) is 75.9 Å². The van der Waals surface area contributed by atoms with Crippen molar-refractivity contribution in [2.75, 3.05) is 6.54 Å². The summed E-state index contributed by atoms with van der Waals surface area (Å²) >= 11 is 3.45. The summed E-state index contributed by atoms with van der Waals surface area (Å²) in [6.45, 7) is 1.76. The van der Waals surface area contributed by atoms with Crippen LogP contribution in [0.15, 0.2) is 59.1 Å². The minimum atomic E-state index is -1.06. The Kier molecular flexibility index (Phi) is 5.32. The average molecular weight is 413 g/mol. The molecule has 0 radical (unpaired) electrons. The van der Waals surface area contributed by atoms with Gasteiger partial charge < -0.3 is 10.0 Å². The number of hydrogen-bond acceptors (Lipinski definition) is 3. The molecular weight excluding hydrogens is 396 g/mol. The topological polar surface area (TPSA) is 70.5 Å². The van der Waals surface area contributed by atoms with Gasteiger partial charge in [-0.05, 0) is 36.2 Å². The van der Waals surface area contributed by atoms with Crippen molar-refractivity contribution in [3.8, 4) is 0 Å². The van der Waals surface area contributed by atoms with Crippen molar-refractivity contribution < 1.29 is 14.7 Å². The van der Waals surface area contributed by atoms with Crippen LogP contribution in [-0.2, 0) is 11.3 Å². The maximum absolute atomic E-state index is 12.9. The highest BCUT2D eigenvalue weighted by molar-refractivity contribution is 9.10. The molecule has 3 aromatic rings. The first kappa shape index (κ1) is 18.1. The van der Waals surface area contributed by atoms with E-state index >= 15 is 0 Å². The van der Waals surface area contributed by atoms with Crippen LogP contribution in [0.25, 0.3) is 10.9 Å². The van der Waals surface area contributed by atoms with Gasteiger partial charge in [-0.25, -0.2) is 4.98 Å². The zero-order chi connectivity index (χ0) is 18.7. The zero-order valence-corrected chi connectivity index (χ0v) is 15.7. The first-order valence-electron chi connectivity index (χ1n) is 8.06. The van der Waals surface area contributed by atoms with Gasteiger partial charge in [0, 0.05) is 16.4 Å². The molecule has 0 atom stereocenters. The summed E-state index contributed by atoms with van der Waals surface area (Å²) in [6.07, 6.45) is 0. The molecule has 6 heteroatoms. The Bertz CT molecular complexity index is 973. The van der Waals surface area contributed by atoms with Gasteiger partial charge >= 0.3 is 5.97 Å². The van der Waals surface area contributed by atoms with Crippen molar-refractivity contribution >= 4 is 38.7 Å². The molecule has 0 unspecified atom stereocenters. The number of carboxylic acid groups (broad SMARTS) is 1. The number of pyridine rings is 1. The van der Waals surface area contributed by atoms with Gasteiger partial charge in [0.15, 0.2) is 0 Å². The number of carboxylic acids is 1. The number of nitrogens with zero attached hydrogens (tertiary/aromatic N) is 2. The maximum Gasteiger partial charge on any atom is 0.323 e. The predicted molar refractivity (Wildman–Crippen MR) is 103 cm³/mol. The SMILES string of the molecule is Cc1cc(Br)cc2ccc(C(=O)N(CC(=O)O)Cc3ccccc3)nc12. The molecular formula is C20H17BrN2O3. The normalized spacial score (nSPS) is 10.7. The number of hydrogen-bond donors (Lipinski definition) is 1. The third-order valence-corrected chi connectivity index (χ3v) is 4.45. The fourth-order valence-corrected chi connectivity index (χ4v) is 3.41. The number of amides is 1. The van der Waals surface area contributed by atoms with Gasteiger partial charge in [0.25, 0.3) is 5.91 Å². The molecule has 26 heavy (non-hydrogen) atoms. The number of carbonyl (C=O) groups excluding carboxylic acids is 1. The first-order valence-corrected chi connectivity index (χ1v) is 8.85. The van der Waals surface area contributed by atoms with Crippen LogP contribution >= 0.6 is 15.9 Å². The van der Waals surface area contributed by atoms with Crippen LogP contribution < -0.4 is 0 Å². The molecule has 1 aromatic heterocycles. The number of aliphatic carboxylic acids is 1. The molecule has 0 saturated heterocycles. The summed E-state index contributed by atoms with van der Waals surface area (Å²) in [7, 11) is 0. The number of benzene rings is 2. The van der Waals surface area contributed by atoms with Crippen molar-refractivity contribution in [1.82, 2.24) is 9.88 Å². The lowest BCUT2D eigenvalue weighted by atomic mass is 10.1. The van der Waals surface area contributed by atoms with Crippen molar-refractivity contribution in [2.24, 2.45) is 0 Å². The third-order valence-electron chi connectivity index (χ3n) is 4.00. The van der Waals surface area contributed by atoms with E-state index in [0.717, 1.165) is 26.5 Å².